The number of hydrogen-bond donors (Lipinski definition) is 3. The van der Waals surface area contributed by atoms with Crippen molar-refractivity contribution in [1.29, 1.82) is 5.41 Å². The smallest absolute Gasteiger partial charge is 0.203 e. The minimum Gasteiger partial charge on any atom is -0.506 e. The number of halogens is 2. The summed E-state index contributed by atoms with van der Waals surface area (Å²) in [4.78, 5) is 11.6. The van der Waals surface area contributed by atoms with Crippen molar-refractivity contribution in [1.82, 2.24) is 0 Å². The average molecular weight is 283 g/mol. The van der Waals surface area contributed by atoms with Crippen molar-refractivity contribution in [2.24, 2.45) is 0 Å². The Labute approximate surface area is 113 Å². The van der Waals surface area contributed by atoms with Crippen LogP contribution in [-0.2, 0) is 4.79 Å². The zero-order valence-corrected chi connectivity index (χ0v) is 10.5. The number of aromatic hydroxyl groups is 1. The number of nitrogens with one attached hydrogen (secondary N) is 2. The van der Waals surface area contributed by atoms with E-state index in [-0.39, 0.29) is 33.0 Å². The number of benzene rings is 1. The zero-order valence-electron chi connectivity index (χ0n) is 9.00. The number of anilines is 1. The van der Waals surface area contributed by atoms with Crippen molar-refractivity contribution >= 4 is 40.4 Å². The van der Waals surface area contributed by atoms with Crippen LogP contribution in [0.5, 0.6) is 5.75 Å². The van der Waals surface area contributed by atoms with E-state index >= 15 is 0 Å². The Bertz CT molecular complexity index is 606. The van der Waals surface area contributed by atoms with Crippen molar-refractivity contribution in [2.75, 3.05) is 5.32 Å². The summed E-state index contributed by atoms with van der Waals surface area (Å²) >= 11 is 11.4. The van der Waals surface area contributed by atoms with Gasteiger partial charge in [-0.2, -0.15) is 0 Å². The number of phenolic OH excluding ortho intramolecular Hbond substituents is 1. The Balaban J connectivity index is 2.24. The molecule has 0 aliphatic heterocycles. The number of carbonyl (C=O) groups excluding carboxylic acids is 1. The van der Waals surface area contributed by atoms with Gasteiger partial charge in [-0.05, 0) is 24.3 Å². The minimum atomic E-state index is -0.319. The largest absolute Gasteiger partial charge is 0.506 e. The molecule has 0 saturated carbocycles. The summed E-state index contributed by atoms with van der Waals surface area (Å²) in [5, 5.41) is 19.9. The van der Waals surface area contributed by atoms with E-state index in [1.54, 1.807) is 6.07 Å². The second-order valence-corrected chi connectivity index (χ2v) is 4.43. The third-order valence-corrected chi connectivity index (χ3v) is 2.91. The molecular weight excluding hydrogens is 275 g/mol. The third kappa shape index (κ3) is 2.55. The summed E-state index contributed by atoms with van der Waals surface area (Å²) in [7, 11) is 0. The molecule has 0 atom stereocenters. The van der Waals surface area contributed by atoms with Crippen LogP contribution in [0.3, 0.4) is 0 Å². The number of carbonyl (C=O) groups is 1. The molecule has 0 heterocycles. The van der Waals surface area contributed by atoms with Gasteiger partial charge in [0, 0.05) is 11.8 Å². The van der Waals surface area contributed by atoms with Crippen molar-refractivity contribution in [2.45, 2.75) is 0 Å². The quantitative estimate of drug-likeness (QED) is 0.577. The maximum Gasteiger partial charge on any atom is 0.203 e. The summed E-state index contributed by atoms with van der Waals surface area (Å²) in [6.07, 6.45) is 2.51. The third-order valence-electron chi connectivity index (χ3n) is 2.30. The van der Waals surface area contributed by atoms with Crippen LogP contribution in [0.25, 0.3) is 0 Å². The van der Waals surface area contributed by atoms with Gasteiger partial charge >= 0.3 is 0 Å². The highest BCUT2D eigenvalue weighted by Gasteiger charge is 2.16. The lowest BCUT2D eigenvalue weighted by Crippen LogP contribution is -2.16. The molecule has 0 amide bonds. The van der Waals surface area contributed by atoms with Crippen LogP contribution < -0.4 is 5.32 Å². The highest BCUT2D eigenvalue weighted by molar-refractivity contribution is 6.48. The van der Waals surface area contributed by atoms with Gasteiger partial charge in [-0.1, -0.05) is 23.2 Å². The molecule has 18 heavy (non-hydrogen) atoms. The van der Waals surface area contributed by atoms with E-state index in [0.717, 1.165) is 0 Å². The second kappa shape index (κ2) is 4.84. The predicted molar refractivity (Wildman–Crippen MR) is 71.5 cm³/mol. The molecule has 1 aliphatic rings. The Morgan fingerprint density at radius 3 is 2.61 bits per heavy atom. The molecule has 92 valence electrons. The highest BCUT2D eigenvalue weighted by Crippen LogP contribution is 2.27. The first kappa shape index (κ1) is 12.7. The van der Waals surface area contributed by atoms with E-state index in [9.17, 15) is 9.90 Å². The van der Waals surface area contributed by atoms with Gasteiger partial charge in [-0.15, -0.1) is 0 Å². The van der Waals surface area contributed by atoms with Crippen LogP contribution in [0.1, 0.15) is 0 Å². The summed E-state index contributed by atoms with van der Waals surface area (Å²) in [6, 6.07) is 4.46. The fourth-order valence-electron chi connectivity index (χ4n) is 1.39. The molecule has 3 N–H and O–H groups in total. The summed E-state index contributed by atoms with van der Waals surface area (Å²) in [6.45, 7) is 0. The van der Waals surface area contributed by atoms with Crippen LogP contribution in [0.4, 0.5) is 5.69 Å². The Morgan fingerprint density at radius 1 is 1.22 bits per heavy atom. The molecule has 0 saturated heterocycles. The molecule has 2 rings (SSSR count). The maximum atomic E-state index is 11.6. The first-order chi connectivity index (χ1) is 8.47. The van der Waals surface area contributed by atoms with E-state index in [1.165, 1.54) is 24.3 Å². The molecule has 0 unspecified atom stereocenters. The molecule has 4 nitrogen and oxygen atoms in total. The van der Waals surface area contributed by atoms with Gasteiger partial charge in [0.15, 0.2) is 0 Å². The van der Waals surface area contributed by atoms with Crippen molar-refractivity contribution in [3.05, 3.63) is 46.1 Å². The number of phenols is 1. The van der Waals surface area contributed by atoms with E-state index < -0.39 is 0 Å². The topological polar surface area (TPSA) is 73.2 Å². The van der Waals surface area contributed by atoms with Gasteiger partial charge in [0.1, 0.15) is 5.75 Å². The normalized spacial score (nSPS) is 15.2. The van der Waals surface area contributed by atoms with Crippen molar-refractivity contribution in [3.8, 4) is 5.75 Å². The molecule has 1 aromatic rings. The van der Waals surface area contributed by atoms with Crippen LogP contribution >= 0.6 is 23.2 Å². The SMILES string of the molecule is N=C1C=C(Nc2ccc(O)c(Cl)c2)C(=O)C=C1Cl. The van der Waals surface area contributed by atoms with Gasteiger partial charge in [-0.25, -0.2) is 0 Å². The fraction of sp³-hybridized carbons (Fsp3) is 0. The highest BCUT2D eigenvalue weighted by atomic mass is 35.5. The van der Waals surface area contributed by atoms with Crippen LogP contribution in [0, 0.1) is 5.41 Å². The van der Waals surface area contributed by atoms with Gasteiger partial charge in [0.05, 0.1) is 21.5 Å². The van der Waals surface area contributed by atoms with Crippen molar-refractivity contribution < 1.29 is 9.90 Å². The lowest BCUT2D eigenvalue weighted by Gasteiger charge is -2.13. The molecule has 0 fully saturated rings. The van der Waals surface area contributed by atoms with Gasteiger partial charge in [0.2, 0.25) is 5.78 Å². The summed E-state index contributed by atoms with van der Waals surface area (Å²) in [5.74, 6) is -0.359. The molecular formula is C12H8Cl2N2O2. The molecule has 0 bridgehead atoms. The average Bonchev–Trinajstić information content (AvgIpc) is 2.31. The van der Waals surface area contributed by atoms with E-state index in [4.69, 9.17) is 28.6 Å². The second-order valence-electron chi connectivity index (χ2n) is 3.62. The first-order valence-corrected chi connectivity index (χ1v) is 5.70. The Morgan fingerprint density at radius 2 is 1.94 bits per heavy atom. The minimum absolute atomic E-state index is 0.0400. The monoisotopic (exact) mass is 282 g/mol. The summed E-state index contributed by atoms with van der Waals surface area (Å²) in [5.41, 5.74) is 0.825. The number of rotatable bonds is 2. The molecule has 0 aromatic heterocycles. The maximum absolute atomic E-state index is 11.6. The van der Waals surface area contributed by atoms with E-state index in [2.05, 4.69) is 5.32 Å². The van der Waals surface area contributed by atoms with Gasteiger partial charge < -0.3 is 10.4 Å². The first-order valence-electron chi connectivity index (χ1n) is 4.95. The van der Waals surface area contributed by atoms with Crippen LogP contribution in [0.15, 0.2) is 41.1 Å². The van der Waals surface area contributed by atoms with Gasteiger partial charge in [0.25, 0.3) is 0 Å². The van der Waals surface area contributed by atoms with E-state index in [1.807, 2.05) is 0 Å². The summed E-state index contributed by atoms with van der Waals surface area (Å²) < 4.78 is 0. The molecule has 6 heteroatoms. The molecule has 0 spiro atoms. The Kier molecular flexibility index (Phi) is 3.41. The number of allylic oxidation sites excluding steroid dienone is 3. The Hall–Kier alpha value is -1.78. The molecule has 1 aromatic carbocycles. The van der Waals surface area contributed by atoms with Crippen LogP contribution in [0.2, 0.25) is 5.02 Å². The standard InChI is InChI=1S/C12H8Cl2N2O2/c13-7-4-12(18)10(5-9(7)15)16-6-1-2-11(17)8(14)3-6/h1-5,15-17H. The van der Waals surface area contributed by atoms with Crippen molar-refractivity contribution in [3.63, 3.8) is 0 Å². The number of ketones is 1. The van der Waals surface area contributed by atoms with Gasteiger partial charge in [-0.3, -0.25) is 10.2 Å². The zero-order chi connectivity index (χ0) is 13.3. The molecule has 1 aliphatic carbocycles. The lowest BCUT2D eigenvalue weighted by molar-refractivity contribution is -0.111. The predicted octanol–water partition coefficient (Wildman–Crippen LogP) is 3.07. The number of hydrogen-bond acceptors (Lipinski definition) is 4. The lowest BCUT2D eigenvalue weighted by atomic mass is 10.1. The van der Waals surface area contributed by atoms with E-state index in [0.29, 0.717) is 5.69 Å². The molecule has 0 radical (unpaired) electrons. The van der Waals surface area contributed by atoms with Crippen LogP contribution in [-0.4, -0.2) is 16.6 Å². The fourth-order valence-corrected chi connectivity index (χ4v) is 1.73.